The molecule has 2 aromatic carbocycles. The second-order valence-corrected chi connectivity index (χ2v) is 12.6. The first-order chi connectivity index (χ1) is 17.9. The molecule has 2 fully saturated rings. The van der Waals surface area contributed by atoms with Crippen LogP contribution in [0.3, 0.4) is 0 Å². The number of hydrogen-bond donors (Lipinski definition) is 2. The Labute approximate surface area is 221 Å². The van der Waals surface area contributed by atoms with E-state index in [4.69, 9.17) is 0 Å². The van der Waals surface area contributed by atoms with Crippen LogP contribution in [0.4, 0.5) is 13.2 Å². The molecular weight excluding hydrogens is 515 g/mol. The molecule has 0 radical (unpaired) electrons. The van der Waals surface area contributed by atoms with Gasteiger partial charge in [-0.15, -0.1) is 0 Å². The van der Waals surface area contributed by atoms with Crippen LogP contribution in [-0.4, -0.2) is 38.3 Å². The van der Waals surface area contributed by atoms with Gasteiger partial charge in [-0.05, 0) is 60.1 Å². The van der Waals surface area contributed by atoms with Gasteiger partial charge < -0.3 is 5.32 Å². The minimum Gasteiger partial charge on any atom is -0.336 e. The van der Waals surface area contributed by atoms with Crippen molar-refractivity contribution >= 4 is 15.7 Å². The summed E-state index contributed by atoms with van der Waals surface area (Å²) in [6, 6.07) is 10.8. The molecular formula is C28H32F3N3O3S. The van der Waals surface area contributed by atoms with E-state index in [1.54, 1.807) is 18.2 Å². The summed E-state index contributed by atoms with van der Waals surface area (Å²) in [4.78, 5) is 13.3. The lowest BCUT2D eigenvalue weighted by atomic mass is 9.84. The molecule has 0 saturated heterocycles. The Bertz CT molecular complexity index is 1290. The molecule has 10 heteroatoms. The molecule has 2 aromatic rings. The van der Waals surface area contributed by atoms with Crippen LogP contribution < -0.4 is 10.6 Å². The first kappa shape index (κ1) is 28.1. The second kappa shape index (κ2) is 11.1. The van der Waals surface area contributed by atoms with Crippen LogP contribution in [0.2, 0.25) is 0 Å². The number of amides is 1. The van der Waals surface area contributed by atoms with Crippen LogP contribution in [-0.2, 0) is 14.6 Å². The topological polar surface area (TPSA) is 99.1 Å². The van der Waals surface area contributed by atoms with Gasteiger partial charge in [0.15, 0.2) is 9.84 Å². The fourth-order valence-electron chi connectivity index (χ4n) is 5.09. The number of benzene rings is 2. The fourth-order valence-corrected chi connectivity index (χ4v) is 5.72. The Morgan fingerprint density at radius 1 is 1.08 bits per heavy atom. The summed E-state index contributed by atoms with van der Waals surface area (Å²) in [6.07, 6.45) is 2.46. The summed E-state index contributed by atoms with van der Waals surface area (Å²) < 4.78 is 66.8. The van der Waals surface area contributed by atoms with E-state index >= 15 is 0 Å². The Morgan fingerprint density at radius 3 is 2.29 bits per heavy atom. The maximum absolute atomic E-state index is 14.4. The minimum atomic E-state index is -4.68. The van der Waals surface area contributed by atoms with E-state index in [9.17, 15) is 31.6 Å². The maximum Gasteiger partial charge on any atom is 0.407 e. The monoisotopic (exact) mass is 547 g/mol. The highest BCUT2D eigenvalue weighted by atomic mass is 32.2. The number of hydrogen-bond acceptors (Lipinski definition) is 5. The lowest BCUT2D eigenvalue weighted by Crippen LogP contribution is -2.52. The third-order valence-corrected chi connectivity index (χ3v) is 8.60. The molecule has 2 N–H and O–H groups in total. The van der Waals surface area contributed by atoms with E-state index in [-0.39, 0.29) is 22.8 Å². The van der Waals surface area contributed by atoms with Crippen molar-refractivity contribution in [3.8, 4) is 17.2 Å². The van der Waals surface area contributed by atoms with Crippen molar-refractivity contribution in [2.45, 2.75) is 80.1 Å². The number of sulfone groups is 1. The maximum atomic E-state index is 14.4. The Kier molecular flexibility index (Phi) is 8.19. The molecule has 0 heterocycles. The van der Waals surface area contributed by atoms with Crippen molar-refractivity contribution < 1.29 is 26.4 Å². The summed E-state index contributed by atoms with van der Waals surface area (Å²) in [6.45, 7) is 0. The third-order valence-electron chi connectivity index (χ3n) is 7.47. The number of carbonyl (C=O) groups excluding carboxylic acids is 1. The smallest absolute Gasteiger partial charge is 0.336 e. The average Bonchev–Trinajstić information content (AvgIpc) is 3.65. The van der Waals surface area contributed by atoms with Gasteiger partial charge in [-0.2, -0.15) is 18.4 Å². The molecule has 0 spiro atoms. The Hall–Kier alpha value is -2.90. The van der Waals surface area contributed by atoms with Gasteiger partial charge in [0.1, 0.15) is 11.6 Å². The minimum absolute atomic E-state index is 0.0509. The zero-order valence-electron chi connectivity index (χ0n) is 21.2. The first-order valence-electron chi connectivity index (χ1n) is 12.9. The van der Waals surface area contributed by atoms with Crippen molar-refractivity contribution in [1.82, 2.24) is 10.6 Å². The zero-order valence-corrected chi connectivity index (χ0v) is 22.0. The predicted molar refractivity (Wildman–Crippen MR) is 138 cm³/mol. The van der Waals surface area contributed by atoms with Gasteiger partial charge in [0.25, 0.3) is 0 Å². The zero-order chi connectivity index (χ0) is 27.6. The van der Waals surface area contributed by atoms with Crippen molar-refractivity contribution in [2.75, 3.05) is 6.26 Å². The van der Waals surface area contributed by atoms with Crippen LogP contribution in [0.15, 0.2) is 53.4 Å². The molecule has 38 heavy (non-hydrogen) atoms. The van der Waals surface area contributed by atoms with Gasteiger partial charge in [0, 0.05) is 6.26 Å². The van der Waals surface area contributed by atoms with E-state index in [1.165, 1.54) is 30.3 Å². The van der Waals surface area contributed by atoms with Crippen LogP contribution in [0, 0.1) is 17.2 Å². The third kappa shape index (κ3) is 6.94. The molecule has 0 aliphatic heterocycles. The van der Waals surface area contributed by atoms with Crippen molar-refractivity contribution in [2.24, 2.45) is 5.92 Å². The molecule has 2 aliphatic carbocycles. The molecule has 4 rings (SSSR count). The van der Waals surface area contributed by atoms with Gasteiger partial charge in [-0.25, -0.2) is 8.42 Å². The Balaban J connectivity index is 1.61. The Morgan fingerprint density at radius 2 is 1.74 bits per heavy atom. The highest BCUT2D eigenvalue weighted by Gasteiger charge is 2.47. The van der Waals surface area contributed by atoms with Gasteiger partial charge in [-0.1, -0.05) is 62.4 Å². The quantitative estimate of drug-likeness (QED) is 0.434. The largest absolute Gasteiger partial charge is 0.407 e. The van der Waals surface area contributed by atoms with Crippen LogP contribution in [0.25, 0.3) is 11.1 Å². The number of nitrogens with one attached hydrogen (secondary N) is 2. The van der Waals surface area contributed by atoms with Gasteiger partial charge >= 0.3 is 6.18 Å². The lowest BCUT2D eigenvalue weighted by Gasteiger charge is -2.31. The van der Waals surface area contributed by atoms with Crippen molar-refractivity contribution in [3.63, 3.8) is 0 Å². The van der Waals surface area contributed by atoms with Gasteiger partial charge in [0.2, 0.25) is 5.91 Å². The van der Waals surface area contributed by atoms with Crippen LogP contribution in [0.5, 0.6) is 0 Å². The van der Waals surface area contributed by atoms with Crippen LogP contribution in [0.1, 0.15) is 63.0 Å². The molecule has 6 nitrogen and oxygen atoms in total. The number of nitriles is 1. The molecule has 2 atom stereocenters. The highest BCUT2D eigenvalue weighted by Crippen LogP contribution is 2.38. The standard InChI is InChI=1S/C28H32F3N3O3S/c1-38(36,37)23-12-10-20(11-13-23)21-8-5-9-22(17-21)25(28(29,30)31)33-24(16-19-6-3-2-4-7-19)26(35)34-27(18-32)14-15-27/h5,8-13,17,19,24-25,33H,2-4,6-7,14-16H2,1H3,(H,34,35)/t24-,25-/m0/s1. The van der Waals surface area contributed by atoms with Crippen molar-refractivity contribution in [3.05, 3.63) is 54.1 Å². The van der Waals surface area contributed by atoms with E-state index < -0.39 is 39.5 Å². The molecule has 0 aromatic heterocycles. The predicted octanol–water partition coefficient (Wildman–Crippen LogP) is 5.46. The number of halogens is 3. The summed E-state index contributed by atoms with van der Waals surface area (Å²) in [7, 11) is -3.40. The number of carbonyl (C=O) groups is 1. The number of alkyl halides is 3. The first-order valence-corrected chi connectivity index (χ1v) is 14.8. The second-order valence-electron chi connectivity index (χ2n) is 10.5. The molecule has 2 saturated carbocycles. The fraction of sp³-hybridized carbons (Fsp3) is 0.500. The summed E-state index contributed by atoms with van der Waals surface area (Å²) in [5.74, 6) is -0.436. The van der Waals surface area contributed by atoms with E-state index in [0.717, 1.165) is 38.4 Å². The summed E-state index contributed by atoms with van der Waals surface area (Å²) in [5, 5.41) is 14.7. The lowest BCUT2D eigenvalue weighted by molar-refractivity contribution is -0.161. The molecule has 0 bridgehead atoms. The van der Waals surface area contributed by atoms with E-state index in [1.807, 2.05) is 0 Å². The molecule has 2 aliphatic rings. The molecule has 1 amide bonds. The van der Waals surface area contributed by atoms with E-state index in [2.05, 4.69) is 16.7 Å². The van der Waals surface area contributed by atoms with Gasteiger partial charge in [0.05, 0.1) is 17.0 Å². The molecule has 204 valence electrons. The van der Waals surface area contributed by atoms with E-state index in [0.29, 0.717) is 24.0 Å². The summed E-state index contributed by atoms with van der Waals surface area (Å²) in [5.41, 5.74) is 0.0368. The average molecular weight is 548 g/mol. The SMILES string of the molecule is CS(=O)(=O)c1ccc(-c2cccc([C@H](N[C@@H](CC3CCCCC3)C(=O)NC3(C#N)CC3)C(F)(F)F)c2)cc1. The summed E-state index contributed by atoms with van der Waals surface area (Å²) >= 11 is 0. The highest BCUT2D eigenvalue weighted by molar-refractivity contribution is 7.90. The van der Waals surface area contributed by atoms with Crippen molar-refractivity contribution in [1.29, 1.82) is 5.26 Å². The number of nitrogens with zero attached hydrogens (tertiary/aromatic N) is 1. The van der Waals surface area contributed by atoms with Crippen LogP contribution >= 0.6 is 0 Å². The normalized spacial score (nSPS) is 19.2. The molecule has 0 unspecified atom stereocenters. The number of rotatable bonds is 9. The van der Waals surface area contributed by atoms with Gasteiger partial charge in [-0.3, -0.25) is 10.1 Å².